The molecule has 1 amide bonds. The van der Waals surface area contributed by atoms with Gasteiger partial charge in [0.25, 0.3) is 0 Å². The van der Waals surface area contributed by atoms with Crippen LogP contribution in [0.15, 0.2) is 6.33 Å². The third-order valence-electron chi connectivity index (χ3n) is 5.67. The topological polar surface area (TPSA) is 104 Å². The Morgan fingerprint density at radius 3 is 2.81 bits per heavy atom. The Morgan fingerprint density at radius 2 is 2.04 bits per heavy atom. The molecule has 2 aliphatic carbocycles. The predicted molar refractivity (Wildman–Crippen MR) is 102 cm³/mol. The van der Waals surface area contributed by atoms with Gasteiger partial charge in [-0.25, -0.2) is 9.97 Å². The summed E-state index contributed by atoms with van der Waals surface area (Å²) in [5.41, 5.74) is 12.7. The monoisotopic (exact) mass is 374 g/mol. The second-order valence-corrected chi connectivity index (χ2v) is 8.63. The Bertz CT molecular complexity index is 798. The molecule has 1 fully saturated rings. The molecule has 0 bridgehead atoms. The normalized spacial score (nSPS) is 25.8. The largest absolute Gasteiger partial charge is 0.474 e. The molecule has 0 aliphatic heterocycles. The molecule has 0 unspecified atom stereocenters. The molecule has 1 saturated carbocycles. The second kappa shape index (κ2) is 7.48. The van der Waals surface area contributed by atoms with Crippen LogP contribution in [0.4, 0.5) is 0 Å². The van der Waals surface area contributed by atoms with E-state index < -0.39 is 0 Å². The van der Waals surface area contributed by atoms with Gasteiger partial charge in [0.2, 0.25) is 11.8 Å². The Balaban J connectivity index is 1.66. The lowest BCUT2D eigenvalue weighted by molar-refractivity contribution is -0.118. The quantitative estimate of drug-likeness (QED) is 0.837. The highest BCUT2D eigenvalue weighted by atomic mass is 32.1. The molecule has 0 aromatic carbocycles. The molecule has 2 aromatic rings. The third-order valence-corrected chi connectivity index (χ3v) is 6.84. The Morgan fingerprint density at radius 1 is 1.23 bits per heavy atom. The summed E-state index contributed by atoms with van der Waals surface area (Å²) in [5, 5.41) is 1.07. The van der Waals surface area contributed by atoms with Crippen molar-refractivity contribution in [2.75, 3.05) is 0 Å². The molecule has 140 valence electrons. The molecule has 0 radical (unpaired) electrons. The third kappa shape index (κ3) is 3.55. The number of amides is 1. The molecule has 6 nitrogen and oxygen atoms in total. The molecule has 1 atom stereocenters. The number of nitrogens with zero attached hydrogens (tertiary/aromatic N) is 2. The number of hydrogen-bond acceptors (Lipinski definition) is 6. The summed E-state index contributed by atoms with van der Waals surface area (Å²) in [7, 11) is 0. The van der Waals surface area contributed by atoms with E-state index in [1.54, 1.807) is 17.7 Å². The average molecular weight is 375 g/mol. The summed E-state index contributed by atoms with van der Waals surface area (Å²) in [6.45, 7) is 0. The lowest BCUT2D eigenvalue weighted by atomic mass is 9.83. The second-order valence-electron chi connectivity index (χ2n) is 7.55. The molecular formula is C19H26N4O2S. The van der Waals surface area contributed by atoms with E-state index in [0.29, 0.717) is 24.3 Å². The number of ether oxygens (including phenoxy) is 1. The van der Waals surface area contributed by atoms with Gasteiger partial charge < -0.3 is 16.2 Å². The van der Waals surface area contributed by atoms with Crippen LogP contribution >= 0.6 is 11.3 Å². The standard InChI is InChI=1S/C19H26N4O2S/c20-12-5-7-13(8-6-12)25-18-17-16-11(4-9-15(21)24)2-1-3-14(16)26-19(17)23-10-22-18/h10-13H,1-9,20H2,(H2,21,24)/t11-,12-,13-/m0/s1. The maximum atomic E-state index is 11.3. The first kappa shape index (κ1) is 17.7. The number of rotatable bonds is 5. The van der Waals surface area contributed by atoms with Crippen LogP contribution in [-0.4, -0.2) is 28.0 Å². The van der Waals surface area contributed by atoms with Crippen LogP contribution in [0.25, 0.3) is 10.2 Å². The van der Waals surface area contributed by atoms with Crippen molar-refractivity contribution in [3.8, 4) is 5.88 Å². The van der Waals surface area contributed by atoms with E-state index in [2.05, 4.69) is 9.97 Å². The Hall–Kier alpha value is -1.73. The number of aryl methyl sites for hydroxylation is 1. The van der Waals surface area contributed by atoms with E-state index in [9.17, 15) is 4.79 Å². The van der Waals surface area contributed by atoms with E-state index in [-0.39, 0.29) is 12.0 Å². The van der Waals surface area contributed by atoms with Crippen LogP contribution in [0.2, 0.25) is 0 Å². The minimum Gasteiger partial charge on any atom is -0.474 e. The van der Waals surface area contributed by atoms with E-state index >= 15 is 0 Å². The Labute approximate surface area is 157 Å². The first-order valence-electron chi connectivity index (χ1n) is 9.58. The number of nitrogens with two attached hydrogens (primary N) is 2. The molecule has 4 rings (SSSR count). The van der Waals surface area contributed by atoms with Crippen LogP contribution in [-0.2, 0) is 11.2 Å². The van der Waals surface area contributed by atoms with Crippen LogP contribution in [0, 0.1) is 0 Å². The first-order chi connectivity index (χ1) is 12.6. The number of hydrogen-bond donors (Lipinski definition) is 2. The summed E-state index contributed by atoms with van der Waals surface area (Å²) in [6.07, 6.45) is 10.3. The van der Waals surface area contributed by atoms with Gasteiger partial charge in [-0.2, -0.15) is 0 Å². The predicted octanol–water partition coefficient (Wildman–Crippen LogP) is 3.03. The number of carbonyl (C=O) groups excluding carboxylic acids is 1. The molecule has 0 saturated heterocycles. The van der Waals surface area contributed by atoms with Crippen molar-refractivity contribution < 1.29 is 9.53 Å². The highest BCUT2D eigenvalue weighted by molar-refractivity contribution is 7.18. The van der Waals surface area contributed by atoms with Gasteiger partial charge in [0.1, 0.15) is 17.3 Å². The van der Waals surface area contributed by atoms with Crippen LogP contribution in [0.5, 0.6) is 5.88 Å². The Kier molecular flexibility index (Phi) is 5.09. The lowest BCUT2D eigenvalue weighted by Gasteiger charge is -2.27. The molecule has 0 spiro atoms. The van der Waals surface area contributed by atoms with Gasteiger partial charge in [-0.05, 0) is 62.8 Å². The number of aromatic nitrogens is 2. The molecule has 4 N–H and O–H groups in total. The van der Waals surface area contributed by atoms with Gasteiger partial charge in [0.05, 0.1) is 5.39 Å². The summed E-state index contributed by atoms with van der Waals surface area (Å²) < 4.78 is 6.32. The molecule has 2 heterocycles. The summed E-state index contributed by atoms with van der Waals surface area (Å²) in [5.74, 6) is 0.815. The van der Waals surface area contributed by atoms with Crippen molar-refractivity contribution in [3.05, 3.63) is 16.8 Å². The van der Waals surface area contributed by atoms with E-state index in [4.69, 9.17) is 16.2 Å². The number of primary amides is 1. The van der Waals surface area contributed by atoms with Crippen molar-refractivity contribution in [2.24, 2.45) is 11.5 Å². The van der Waals surface area contributed by atoms with Crippen LogP contribution < -0.4 is 16.2 Å². The minimum absolute atomic E-state index is 0.177. The summed E-state index contributed by atoms with van der Waals surface area (Å²) in [6, 6.07) is 0.298. The number of fused-ring (bicyclic) bond motifs is 3. The minimum atomic E-state index is -0.233. The van der Waals surface area contributed by atoms with E-state index in [1.165, 1.54) is 10.4 Å². The van der Waals surface area contributed by atoms with E-state index in [1.807, 2.05) is 0 Å². The fraction of sp³-hybridized carbons (Fsp3) is 0.632. The molecule has 2 aromatic heterocycles. The van der Waals surface area contributed by atoms with Gasteiger partial charge >= 0.3 is 0 Å². The van der Waals surface area contributed by atoms with Gasteiger partial charge in [-0.3, -0.25) is 4.79 Å². The highest BCUT2D eigenvalue weighted by Gasteiger charge is 2.29. The highest BCUT2D eigenvalue weighted by Crippen LogP contribution is 2.46. The smallest absolute Gasteiger partial charge is 0.225 e. The van der Waals surface area contributed by atoms with Crippen LogP contribution in [0.3, 0.4) is 0 Å². The maximum absolute atomic E-state index is 11.3. The number of thiophene rings is 1. The fourth-order valence-electron chi connectivity index (χ4n) is 4.30. The molecular weight excluding hydrogens is 348 g/mol. The van der Waals surface area contributed by atoms with Crippen molar-refractivity contribution in [2.45, 2.75) is 75.9 Å². The zero-order valence-corrected chi connectivity index (χ0v) is 15.8. The van der Waals surface area contributed by atoms with E-state index in [0.717, 1.165) is 61.6 Å². The maximum Gasteiger partial charge on any atom is 0.225 e. The zero-order chi connectivity index (χ0) is 18.1. The van der Waals surface area contributed by atoms with Crippen molar-refractivity contribution in [3.63, 3.8) is 0 Å². The zero-order valence-electron chi connectivity index (χ0n) is 14.9. The summed E-state index contributed by atoms with van der Waals surface area (Å²) >= 11 is 1.75. The fourth-order valence-corrected chi connectivity index (χ4v) is 5.56. The van der Waals surface area contributed by atoms with Crippen molar-refractivity contribution in [1.82, 2.24) is 9.97 Å². The first-order valence-corrected chi connectivity index (χ1v) is 10.4. The number of carbonyl (C=O) groups is 1. The van der Waals surface area contributed by atoms with Crippen molar-refractivity contribution in [1.29, 1.82) is 0 Å². The lowest BCUT2D eigenvalue weighted by Crippen LogP contribution is -2.31. The SMILES string of the molecule is NC(=O)CC[C@@H]1CCCc2sc3ncnc(O[C@H]4CC[C@H](N)CC4)c3c21. The van der Waals surface area contributed by atoms with Crippen LogP contribution in [0.1, 0.15) is 67.7 Å². The molecule has 2 aliphatic rings. The molecule has 26 heavy (non-hydrogen) atoms. The average Bonchev–Trinajstić information content (AvgIpc) is 3.02. The molecule has 7 heteroatoms. The van der Waals surface area contributed by atoms with Gasteiger partial charge in [0.15, 0.2) is 0 Å². The van der Waals surface area contributed by atoms with Gasteiger partial charge in [-0.15, -0.1) is 11.3 Å². The summed E-state index contributed by atoms with van der Waals surface area (Å²) in [4.78, 5) is 22.6. The van der Waals surface area contributed by atoms with Gasteiger partial charge in [0, 0.05) is 17.3 Å². The van der Waals surface area contributed by atoms with Crippen molar-refractivity contribution >= 4 is 27.5 Å². The van der Waals surface area contributed by atoms with Gasteiger partial charge in [-0.1, -0.05) is 0 Å².